The van der Waals surface area contributed by atoms with Crippen LogP contribution in [0.2, 0.25) is 0 Å². The molecule has 0 atom stereocenters. The molecule has 0 bridgehead atoms. The molecule has 6 heteroatoms. The maximum Gasteiger partial charge on any atom is 0.272 e. The minimum absolute atomic E-state index is 0.0818. The van der Waals surface area contributed by atoms with E-state index >= 15 is 0 Å². The molecule has 0 spiro atoms. The molecule has 0 amide bonds. The number of halogens is 2. The Balaban J connectivity index is 2.06. The van der Waals surface area contributed by atoms with Crippen LogP contribution < -0.4 is 0 Å². The van der Waals surface area contributed by atoms with E-state index in [9.17, 15) is 8.78 Å². The van der Waals surface area contributed by atoms with Crippen LogP contribution in [0.5, 0.6) is 0 Å². The van der Waals surface area contributed by atoms with Gasteiger partial charge in [0.1, 0.15) is 10.3 Å². The summed E-state index contributed by atoms with van der Waals surface area (Å²) in [7, 11) is 0. The molecule has 2 nitrogen and oxygen atoms in total. The zero-order valence-corrected chi connectivity index (χ0v) is 10.1. The van der Waals surface area contributed by atoms with E-state index in [0.29, 0.717) is 0 Å². The van der Waals surface area contributed by atoms with Crippen LogP contribution in [0.1, 0.15) is 11.3 Å². The Kier molecular flexibility index (Phi) is 2.60. The molecule has 0 N–H and O–H groups in total. The highest BCUT2D eigenvalue weighted by Gasteiger charge is 2.11. The molecule has 3 aromatic heterocycles. The molecule has 3 rings (SSSR count). The van der Waals surface area contributed by atoms with Gasteiger partial charge >= 0.3 is 0 Å². The first-order valence-electron chi connectivity index (χ1n) is 4.80. The van der Waals surface area contributed by atoms with Crippen molar-refractivity contribution < 1.29 is 8.78 Å². The lowest BCUT2D eigenvalue weighted by atomic mass is 10.1. The molecule has 0 saturated carbocycles. The summed E-state index contributed by atoms with van der Waals surface area (Å²) in [5.41, 5.74) is 4.12. The van der Waals surface area contributed by atoms with Crippen LogP contribution in [0.25, 0.3) is 21.5 Å². The van der Waals surface area contributed by atoms with Crippen molar-refractivity contribution in [2.75, 3.05) is 0 Å². The first-order chi connectivity index (χ1) is 8.24. The van der Waals surface area contributed by atoms with Gasteiger partial charge in [-0.3, -0.25) is 0 Å². The highest BCUT2D eigenvalue weighted by Crippen LogP contribution is 2.32. The fourth-order valence-electron chi connectivity index (χ4n) is 1.53. The number of thiophene rings is 1. The van der Waals surface area contributed by atoms with E-state index in [1.54, 1.807) is 17.1 Å². The van der Waals surface area contributed by atoms with Gasteiger partial charge in [0.05, 0.1) is 10.4 Å². The van der Waals surface area contributed by atoms with Gasteiger partial charge in [-0.1, -0.05) is 0 Å². The van der Waals surface area contributed by atoms with E-state index in [-0.39, 0.29) is 4.88 Å². The number of hydrogen-bond acceptors (Lipinski definition) is 4. The maximum absolute atomic E-state index is 12.5. The Labute approximate surface area is 104 Å². The molecule has 86 valence electrons. The summed E-state index contributed by atoms with van der Waals surface area (Å²) in [6, 6.07) is 3.38. The number of rotatable bonds is 2. The molecular weight excluding hydrogens is 262 g/mol. The third-order valence-corrected chi connectivity index (χ3v) is 4.05. The van der Waals surface area contributed by atoms with Crippen LogP contribution >= 0.6 is 22.7 Å². The van der Waals surface area contributed by atoms with Crippen molar-refractivity contribution in [1.29, 1.82) is 0 Å². The molecule has 0 aliphatic rings. The largest absolute Gasteiger partial charge is 0.272 e. The molecule has 0 unspecified atom stereocenters. The van der Waals surface area contributed by atoms with E-state index < -0.39 is 6.43 Å². The molecule has 0 fully saturated rings. The van der Waals surface area contributed by atoms with Crippen molar-refractivity contribution in [1.82, 2.24) is 9.97 Å². The molecule has 0 aromatic carbocycles. The number of nitrogens with zero attached hydrogens (tertiary/aromatic N) is 2. The van der Waals surface area contributed by atoms with Crippen molar-refractivity contribution >= 4 is 33.0 Å². The van der Waals surface area contributed by atoms with E-state index in [4.69, 9.17) is 0 Å². The lowest BCUT2D eigenvalue weighted by Gasteiger charge is -1.96. The molecule has 0 radical (unpaired) electrons. The fraction of sp³-hybridized carbons (Fsp3) is 0.0909. The zero-order valence-electron chi connectivity index (χ0n) is 8.43. The SMILES string of the molecule is FC(F)c1cc(-c2cnc3scnc3c2)cs1. The number of fused-ring (bicyclic) bond motifs is 1. The minimum Gasteiger partial charge on any atom is -0.243 e. The normalized spacial score (nSPS) is 11.5. The van der Waals surface area contributed by atoms with Crippen LogP contribution in [-0.2, 0) is 0 Å². The summed E-state index contributed by atoms with van der Waals surface area (Å²) in [5, 5.41) is 1.72. The second-order valence-electron chi connectivity index (χ2n) is 3.44. The van der Waals surface area contributed by atoms with Crippen molar-refractivity contribution in [3.05, 3.63) is 34.1 Å². The van der Waals surface area contributed by atoms with Gasteiger partial charge in [0.15, 0.2) is 0 Å². The molecule has 17 heavy (non-hydrogen) atoms. The number of pyridine rings is 1. The smallest absolute Gasteiger partial charge is 0.243 e. The lowest BCUT2D eigenvalue weighted by Crippen LogP contribution is -1.79. The van der Waals surface area contributed by atoms with E-state index in [1.807, 2.05) is 6.07 Å². The third-order valence-electron chi connectivity index (χ3n) is 2.36. The molecular formula is C11H6F2N2S2. The number of thiazole rings is 1. The minimum atomic E-state index is -2.41. The van der Waals surface area contributed by atoms with Crippen LogP contribution in [-0.4, -0.2) is 9.97 Å². The second kappa shape index (κ2) is 4.12. The molecule has 3 heterocycles. The second-order valence-corrected chi connectivity index (χ2v) is 5.22. The van der Waals surface area contributed by atoms with E-state index in [0.717, 1.165) is 32.8 Å². The van der Waals surface area contributed by atoms with Gasteiger partial charge in [-0.15, -0.1) is 22.7 Å². The third kappa shape index (κ3) is 1.94. The summed E-state index contributed by atoms with van der Waals surface area (Å²) in [6.45, 7) is 0. The molecule has 3 aromatic rings. The monoisotopic (exact) mass is 268 g/mol. The highest BCUT2D eigenvalue weighted by molar-refractivity contribution is 7.16. The first-order valence-corrected chi connectivity index (χ1v) is 6.56. The van der Waals surface area contributed by atoms with Crippen molar-refractivity contribution in [3.63, 3.8) is 0 Å². The van der Waals surface area contributed by atoms with Gasteiger partial charge in [-0.2, -0.15) is 0 Å². The fourth-order valence-corrected chi connectivity index (χ4v) is 2.91. The summed E-state index contributed by atoms with van der Waals surface area (Å²) < 4.78 is 25.0. The molecule has 0 saturated heterocycles. The van der Waals surface area contributed by atoms with Gasteiger partial charge in [0.25, 0.3) is 6.43 Å². The average Bonchev–Trinajstić information content (AvgIpc) is 2.97. The highest BCUT2D eigenvalue weighted by atomic mass is 32.1. The standard InChI is InChI=1S/C11H6F2N2S2/c12-10(13)9-2-7(4-16-9)6-1-8-11(14-3-6)17-5-15-8/h1-5,10H. The Morgan fingerprint density at radius 2 is 1.94 bits per heavy atom. The Morgan fingerprint density at radius 3 is 2.71 bits per heavy atom. The number of alkyl halides is 2. The van der Waals surface area contributed by atoms with Gasteiger partial charge in [0, 0.05) is 11.8 Å². The predicted octanol–water partition coefficient (Wildman–Crippen LogP) is 4.36. The number of hydrogen-bond donors (Lipinski definition) is 0. The Bertz CT molecular complexity index is 660. The van der Waals surface area contributed by atoms with Gasteiger partial charge in [0.2, 0.25) is 0 Å². The lowest BCUT2D eigenvalue weighted by molar-refractivity contribution is 0.155. The van der Waals surface area contributed by atoms with Crippen LogP contribution in [0, 0.1) is 0 Å². The van der Waals surface area contributed by atoms with Gasteiger partial charge in [-0.05, 0) is 23.1 Å². The predicted molar refractivity (Wildman–Crippen MR) is 65.7 cm³/mol. The summed E-state index contributed by atoms with van der Waals surface area (Å²) >= 11 is 2.53. The van der Waals surface area contributed by atoms with Crippen molar-refractivity contribution in [2.24, 2.45) is 0 Å². The average molecular weight is 268 g/mol. The Hall–Kier alpha value is -1.40. The first kappa shape index (κ1) is 10.7. The van der Waals surface area contributed by atoms with Crippen LogP contribution in [0.4, 0.5) is 8.78 Å². The van der Waals surface area contributed by atoms with Gasteiger partial charge < -0.3 is 0 Å². The van der Waals surface area contributed by atoms with Crippen molar-refractivity contribution in [2.45, 2.75) is 6.43 Å². The summed E-state index contributed by atoms with van der Waals surface area (Å²) in [4.78, 5) is 9.34. The summed E-state index contributed by atoms with van der Waals surface area (Å²) in [6.07, 6.45) is -0.720. The molecule has 0 aliphatic heterocycles. The summed E-state index contributed by atoms with van der Waals surface area (Å²) in [5.74, 6) is 0. The van der Waals surface area contributed by atoms with Crippen molar-refractivity contribution in [3.8, 4) is 11.1 Å². The van der Waals surface area contributed by atoms with E-state index in [1.165, 1.54) is 17.4 Å². The maximum atomic E-state index is 12.5. The van der Waals surface area contributed by atoms with Crippen LogP contribution in [0.15, 0.2) is 29.2 Å². The van der Waals surface area contributed by atoms with Gasteiger partial charge in [-0.25, -0.2) is 18.7 Å². The molecule has 0 aliphatic carbocycles. The van der Waals surface area contributed by atoms with E-state index in [2.05, 4.69) is 9.97 Å². The Morgan fingerprint density at radius 1 is 1.06 bits per heavy atom. The quantitative estimate of drug-likeness (QED) is 0.690. The number of aromatic nitrogens is 2. The van der Waals surface area contributed by atoms with Crippen LogP contribution in [0.3, 0.4) is 0 Å². The zero-order chi connectivity index (χ0) is 11.8. The topological polar surface area (TPSA) is 25.8 Å².